The van der Waals surface area contributed by atoms with Gasteiger partial charge in [0.25, 0.3) is 5.91 Å². The van der Waals surface area contributed by atoms with Crippen LogP contribution in [0, 0.1) is 5.92 Å². The van der Waals surface area contributed by atoms with Gasteiger partial charge in [0.05, 0.1) is 22.5 Å². The van der Waals surface area contributed by atoms with Crippen molar-refractivity contribution in [1.82, 2.24) is 10.3 Å². The summed E-state index contributed by atoms with van der Waals surface area (Å²) < 4.78 is 0. The van der Waals surface area contributed by atoms with Crippen molar-refractivity contribution >= 4 is 34.9 Å². The van der Waals surface area contributed by atoms with Gasteiger partial charge < -0.3 is 15.5 Å². The second-order valence-electron chi connectivity index (χ2n) is 7.62. The van der Waals surface area contributed by atoms with Gasteiger partial charge in [-0.05, 0) is 49.4 Å². The number of piperidine rings is 1. The molecule has 2 N–H and O–H groups in total. The minimum absolute atomic E-state index is 0.0954. The van der Waals surface area contributed by atoms with Crippen molar-refractivity contribution < 1.29 is 9.59 Å². The summed E-state index contributed by atoms with van der Waals surface area (Å²) in [5.41, 5.74) is 0.952. The van der Waals surface area contributed by atoms with Crippen LogP contribution in [-0.4, -0.2) is 35.9 Å². The van der Waals surface area contributed by atoms with Gasteiger partial charge in [0.1, 0.15) is 11.9 Å². The first-order valence-electron chi connectivity index (χ1n) is 10.0. The maximum absolute atomic E-state index is 12.8. The Labute approximate surface area is 176 Å². The van der Waals surface area contributed by atoms with E-state index < -0.39 is 6.04 Å². The number of amides is 2. The molecular formula is C22H27ClN4O2. The van der Waals surface area contributed by atoms with Crippen molar-refractivity contribution in [3.63, 3.8) is 0 Å². The number of rotatable bonds is 6. The van der Waals surface area contributed by atoms with Crippen LogP contribution in [0.15, 0.2) is 42.6 Å². The second kappa shape index (κ2) is 9.74. The Bertz CT molecular complexity index is 848. The third-order valence-corrected chi connectivity index (χ3v) is 5.38. The van der Waals surface area contributed by atoms with Crippen molar-refractivity contribution in [3.8, 4) is 0 Å². The van der Waals surface area contributed by atoms with Crippen molar-refractivity contribution in [3.05, 3.63) is 53.2 Å². The normalized spacial score (nSPS) is 15.1. The average Bonchev–Trinajstić information content (AvgIpc) is 2.73. The number of halogens is 1. The number of nitrogens with zero attached hydrogens (tertiary/aromatic N) is 2. The molecule has 6 nitrogen and oxygen atoms in total. The molecule has 1 atom stereocenters. The highest BCUT2D eigenvalue weighted by atomic mass is 35.5. The molecule has 1 aromatic carbocycles. The molecule has 3 rings (SSSR count). The van der Waals surface area contributed by atoms with Crippen LogP contribution in [-0.2, 0) is 4.79 Å². The molecular weight excluding hydrogens is 388 g/mol. The molecule has 1 saturated heterocycles. The van der Waals surface area contributed by atoms with Gasteiger partial charge in [-0.15, -0.1) is 0 Å². The van der Waals surface area contributed by atoms with E-state index in [2.05, 4.69) is 20.5 Å². The maximum Gasteiger partial charge on any atom is 0.253 e. The zero-order valence-electron chi connectivity index (χ0n) is 16.8. The van der Waals surface area contributed by atoms with E-state index in [1.165, 1.54) is 19.3 Å². The van der Waals surface area contributed by atoms with E-state index in [4.69, 9.17) is 11.6 Å². The summed E-state index contributed by atoms with van der Waals surface area (Å²) in [6.07, 6.45) is 5.29. The van der Waals surface area contributed by atoms with Gasteiger partial charge in [-0.3, -0.25) is 9.59 Å². The van der Waals surface area contributed by atoms with Crippen LogP contribution < -0.4 is 15.5 Å². The molecule has 0 bridgehead atoms. The molecule has 1 unspecified atom stereocenters. The first-order valence-corrected chi connectivity index (χ1v) is 10.4. The summed E-state index contributed by atoms with van der Waals surface area (Å²) in [7, 11) is 0. The fourth-order valence-corrected chi connectivity index (χ4v) is 3.61. The van der Waals surface area contributed by atoms with E-state index in [0.29, 0.717) is 16.3 Å². The van der Waals surface area contributed by atoms with Gasteiger partial charge in [0.2, 0.25) is 5.91 Å². The highest BCUT2D eigenvalue weighted by Crippen LogP contribution is 2.20. The Balaban J connectivity index is 1.65. The van der Waals surface area contributed by atoms with E-state index in [-0.39, 0.29) is 17.7 Å². The van der Waals surface area contributed by atoms with Crippen LogP contribution in [0.1, 0.15) is 43.5 Å². The number of aromatic nitrogens is 1. The second-order valence-corrected chi connectivity index (χ2v) is 8.02. The van der Waals surface area contributed by atoms with E-state index in [1.807, 2.05) is 26.0 Å². The number of carbonyl (C=O) groups is 2. The van der Waals surface area contributed by atoms with E-state index in [1.54, 1.807) is 30.5 Å². The number of pyridine rings is 1. The summed E-state index contributed by atoms with van der Waals surface area (Å²) in [5.74, 6) is 0.174. The summed E-state index contributed by atoms with van der Waals surface area (Å²) in [4.78, 5) is 32.1. The first kappa shape index (κ1) is 21.1. The van der Waals surface area contributed by atoms with E-state index in [9.17, 15) is 9.59 Å². The van der Waals surface area contributed by atoms with Gasteiger partial charge in [0.15, 0.2) is 0 Å². The van der Waals surface area contributed by atoms with Gasteiger partial charge >= 0.3 is 0 Å². The predicted octanol–water partition coefficient (Wildman–Crippen LogP) is 4.12. The summed E-state index contributed by atoms with van der Waals surface area (Å²) in [5, 5.41) is 6.00. The Morgan fingerprint density at radius 3 is 2.41 bits per heavy atom. The lowest BCUT2D eigenvalue weighted by molar-refractivity contribution is -0.118. The molecule has 154 valence electrons. The maximum atomic E-state index is 12.8. The Hall–Kier alpha value is -2.60. The third kappa shape index (κ3) is 5.48. The van der Waals surface area contributed by atoms with Crippen LogP contribution >= 0.6 is 11.6 Å². The van der Waals surface area contributed by atoms with Crippen LogP contribution in [0.3, 0.4) is 0 Å². The van der Waals surface area contributed by atoms with E-state index >= 15 is 0 Å². The molecule has 0 spiro atoms. The van der Waals surface area contributed by atoms with Gasteiger partial charge in [-0.2, -0.15) is 0 Å². The third-order valence-electron chi connectivity index (χ3n) is 5.05. The van der Waals surface area contributed by atoms with Gasteiger partial charge in [0, 0.05) is 13.1 Å². The molecule has 2 heterocycles. The van der Waals surface area contributed by atoms with Crippen molar-refractivity contribution in [2.75, 3.05) is 23.3 Å². The molecule has 0 aliphatic carbocycles. The predicted molar refractivity (Wildman–Crippen MR) is 116 cm³/mol. The Morgan fingerprint density at radius 1 is 1.07 bits per heavy atom. The quantitative estimate of drug-likeness (QED) is 0.745. The summed E-state index contributed by atoms with van der Waals surface area (Å²) >= 11 is 6.10. The first-order chi connectivity index (χ1) is 14.0. The van der Waals surface area contributed by atoms with Crippen LogP contribution in [0.2, 0.25) is 5.02 Å². The lowest BCUT2D eigenvalue weighted by Gasteiger charge is -2.27. The lowest BCUT2D eigenvalue weighted by Crippen LogP contribution is -2.47. The van der Waals surface area contributed by atoms with Crippen LogP contribution in [0.4, 0.5) is 11.5 Å². The molecule has 29 heavy (non-hydrogen) atoms. The topological polar surface area (TPSA) is 74.3 Å². The lowest BCUT2D eigenvalue weighted by atomic mass is 10.0. The number of hydrogen-bond donors (Lipinski definition) is 2. The molecule has 2 aromatic rings. The molecule has 1 aliphatic rings. The fraction of sp³-hybridized carbons (Fsp3) is 0.409. The van der Waals surface area contributed by atoms with Gasteiger partial charge in [-0.1, -0.05) is 37.6 Å². The van der Waals surface area contributed by atoms with Crippen LogP contribution in [0.25, 0.3) is 0 Å². The number of benzene rings is 1. The zero-order valence-corrected chi connectivity index (χ0v) is 17.6. The highest BCUT2D eigenvalue weighted by molar-refractivity contribution is 6.33. The average molecular weight is 415 g/mol. The molecule has 1 aromatic heterocycles. The molecule has 2 amide bonds. The fourth-order valence-electron chi connectivity index (χ4n) is 3.39. The number of anilines is 2. The number of carbonyl (C=O) groups excluding carboxylic acids is 2. The number of hydrogen-bond acceptors (Lipinski definition) is 4. The Kier molecular flexibility index (Phi) is 7.09. The molecule has 7 heteroatoms. The van der Waals surface area contributed by atoms with Crippen molar-refractivity contribution in [2.45, 2.75) is 39.2 Å². The molecule has 1 aliphatic heterocycles. The zero-order chi connectivity index (χ0) is 20.8. The Morgan fingerprint density at radius 2 is 1.79 bits per heavy atom. The summed E-state index contributed by atoms with van der Waals surface area (Å²) in [6.45, 7) is 5.80. The summed E-state index contributed by atoms with van der Waals surface area (Å²) in [6, 6.07) is 9.86. The standard InChI is InChI=1S/C22H27ClN4O2/c1-15(2)20(26-21(28)17-8-4-5-9-18(17)23)22(29)25-16-10-11-19(24-14-16)27-12-6-3-7-13-27/h4-5,8-11,14-15,20H,3,6-7,12-13H2,1-2H3,(H,25,29)(H,26,28). The van der Waals surface area contributed by atoms with Crippen LogP contribution in [0.5, 0.6) is 0 Å². The molecule has 1 fully saturated rings. The minimum Gasteiger partial charge on any atom is -0.357 e. The number of nitrogens with one attached hydrogen (secondary N) is 2. The van der Waals surface area contributed by atoms with Crippen molar-refractivity contribution in [2.24, 2.45) is 5.92 Å². The largest absolute Gasteiger partial charge is 0.357 e. The highest BCUT2D eigenvalue weighted by Gasteiger charge is 2.25. The molecule has 0 radical (unpaired) electrons. The molecule has 0 saturated carbocycles. The monoisotopic (exact) mass is 414 g/mol. The SMILES string of the molecule is CC(C)C(NC(=O)c1ccccc1Cl)C(=O)Nc1ccc(N2CCCCC2)nc1. The van der Waals surface area contributed by atoms with Gasteiger partial charge in [-0.25, -0.2) is 4.98 Å². The van der Waals surface area contributed by atoms with E-state index in [0.717, 1.165) is 18.9 Å². The van der Waals surface area contributed by atoms with Crippen molar-refractivity contribution in [1.29, 1.82) is 0 Å². The smallest absolute Gasteiger partial charge is 0.253 e. The minimum atomic E-state index is -0.694.